The van der Waals surface area contributed by atoms with Crippen LogP contribution in [0.4, 0.5) is 0 Å². The molecule has 11 heavy (non-hydrogen) atoms. The molecule has 0 aromatic rings. The Balaban J connectivity index is 3.00. The van der Waals surface area contributed by atoms with Gasteiger partial charge in [-0.2, -0.15) is 12.8 Å². The van der Waals surface area contributed by atoms with Gasteiger partial charge in [0.25, 0.3) is 10.0 Å². The van der Waals surface area contributed by atoms with Gasteiger partial charge in [-0.25, -0.2) is 0 Å². The molecule has 0 aliphatic carbocycles. The summed E-state index contributed by atoms with van der Waals surface area (Å²) < 4.78 is 24.9. The molecule has 0 aromatic carbocycles. The van der Waals surface area contributed by atoms with Crippen LogP contribution in [-0.4, -0.2) is 28.2 Å². The quantitative estimate of drug-likeness (QED) is 0.551. The van der Waals surface area contributed by atoms with E-state index in [9.17, 15) is 8.42 Å². The van der Waals surface area contributed by atoms with E-state index < -0.39 is 10.0 Å². The van der Waals surface area contributed by atoms with E-state index in [1.807, 2.05) is 0 Å². The van der Waals surface area contributed by atoms with Gasteiger partial charge in [-0.05, 0) is 7.05 Å². The molecule has 0 aromatic heterocycles. The van der Waals surface area contributed by atoms with Crippen molar-refractivity contribution in [1.82, 2.24) is 5.32 Å². The summed E-state index contributed by atoms with van der Waals surface area (Å²) in [6.07, 6.45) is 1.27. The van der Waals surface area contributed by atoms with Crippen molar-refractivity contribution in [2.24, 2.45) is 10.1 Å². The molecule has 0 saturated heterocycles. The standard InChI is InChI=1S/C5H9N3O2S/c1-7-2-4-3-8-11(9,10)5(4)6/h3,7H,2,6H2,1H3. The number of nitrogens with zero attached hydrogens (tertiary/aromatic N) is 1. The fourth-order valence-corrected chi connectivity index (χ4v) is 1.58. The summed E-state index contributed by atoms with van der Waals surface area (Å²) in [6.45, 7) is 0.425. The lowest BCUT2D eigenvalue weighted by Crippen LogP contribution is -2.16. The molecular weight excluding hydrogens is 166 g/mol. The average molecular weight is 175 g/mol. The zero-order chi connectivity index (χ0) is 8.48. The molecular formula is C5H9N3O2S. The van der Waals surface area contributed by atoms with E-state index in [1.54, 1.807) is 7.05 Å². The van der Waals surface area contributed by atoms with E-state index in [2.05, 4.69) is 9.71 Å². The molecule has 0 unspecified atom stereocenters. The SMILES string of the molecule is CNCC1=C(N)S(=O)(=O)N=C1. The van der Waals surface area contributed by atoms with Gasteiger partial charge < -0.3 is 11.1 Å². The summed E-state index contributed by atoms with van der Waals surface area (Å²) in [6, 6.07) is 0. The molecule has 1 heterocycles. The smallest absolute Gasteiger partial charge is 0.297 e. The summed E-state index contributed by atoms with van der Waals surface area (Å²) in [7, 11) is -1.80. The molecule has 1 aliphatic heterocycles. The molecule has 3 N–H and O–H groups in total. The van der Waals surface area contributed by atoms with E-state index in [0.29, 0.717) is 12.1 Å². The highest BCUT2D eigenvalue weighted by atomic mass is 32.2. The summed E-state index contributed by atoms with van der Waals surface area (Å²) in [5, 5.41) is 2.64. The fraction of sp³-hybridized carbons (Fsp3) is 0.400. The number of nitrogens with two attached hydrogens (primary N) is 1. The number of hydrogen-bond donors (Lipinski definition) is 2. The highest BCUT2D eigenvalue weighted by molar-refractivity contribution is 7.94. The van der Waals surface area contributed by atoms with E-state index in [1.165, 1.54) is 6.21 Å². The third-order valence-electron chi connectivity index (χ3n) is 1.31. The van der Waals surface area contributed by atoms with Crippen molar-refractivity contribution in [2.45, 2.75) is 0 Å². The van der Waals surface area contributed by atoms with Gasteiger partial charge in [-0.3, -0.25) is 0 Å². The van der Waals surface area contributed by atoms with Crippen molar-refractivity contribution in [2.75, 3.05) is 13.6 Å². The Hall–Kier alpha value is -0.880. The van der Waals surface area contributed by atoms with Gasteiger partial charge in [0.1, 0.15) is 0 Å². The lowest BCUT2D eigenvalue weighted by atomic mass is 10.3. The number of nitrogens with one attached hydrogen (secondary N) is 1. The van der Waals surface area contributed by atoms with Crippen LogP contribution >= 0.6 is 0 Å². The van der Waals surface area contributed by atoms with E-state index in [-0.39, 0.29) is 5.03 Å². The first-order valence-corrected chi connectivity index (χ1v) is 4.45. The molecule has 0 saturated carbocycles. The molecule has 1 rings (SSSR count). The van der Waals surface area contributed by atoms with Crippen molar-refractivity contribution in [3.63, 3.8) is 0 Å². The molecule has 0 atom stereocenters. The summed E-state index contributed by atoms with van der Waals surface area (Å²) in [5.41, 5.74) is 5.79. The summed E-state index contributed by atoms with van der Waals surface area (Å²) in [4.78, 5) is 0. The lowest BCUT2D eigenvalue weighted by Gasteiger charge is -1.96. The highest BCUT2D eigenvalue weighted by Gasteiger charge is 2.21. The Morgan fingerprint density at radius 2 is 2.36 bits per heavy atom. The van der Waals surface area contributed by atoms with Crippen LogP contribution in [0.3, 0.4) is 0 Å². The van der Waals surface area contributed by atoms with Crippen LogP contribution in [0.5, 0.6) is 0 Å². The highest BCUT2D eigenvalue weighted by Crippen LogP contribution is 2.13. The maximum Gasteiger partial charge on any atom is 0.297 e. The lowest BCUT2D eigenvalue weighted by molar-refractivity contribution is 0.604. The van der Waals surface area contributed by atoms with Crippen molar-refractivity contribution in [1.29, 1.82) is 0 Å². The number of hydrogen-bond acceptors (Lipinski definition) is 4. The number of sulfonamides is 1. The molecule has 0 radical (unpaired) electrons. The van der Waals surface area contributed by atoms with Gasteiger partial charge in [-0.1, -0.05) is 0 Å². The topological polar surface area (TPSA) is 84.5 Å². The maximum atomic E-state index is 10.8. The minimum atomic E-state index is -3.51. The summed E-state index contributed by atoms with van der Waals surface area (Å²) >= 11 is 0. The second-order valence-corrected chi connectivity index (χ2v) is 3.73. The second-order valence-electron chi connectivity index (χ2n) is 2.13. The van der Waals surface area contributed by atoms with Crippen LogP contribution in [-0.2, 0) is 10.0 Å². The molecule has 0 spiro atoms. The first-order chi connectivity index (χ1) is 5.08. The van der Waals surface area contributed by atoms with Gasteiger partial charge >= 0.3 is 0 Å². The average Bonchev–Trinajstić information content (AvgIpc) is 2.17. The number of likely N-dealkylation sites (N-methyl/N-ethyl adjacent to an activating group) is 1. The minimum Gasteiger partial charge on any atom is -0.388 e. The van der Waals surface area contributed by atoms with E-state index >= 15 is 0 Å². The third-order valence-corrected chi connectivity index (χ3v) is 2.51. The monoisotopic (exact) mass is 175 g/mol. The van der Waals surface area contributed by atoms with E-state index in [4.69, 9.17) is 5.73 Å². The van der Waals surface area contributed by atoms with Crippen LogP contribution in [0, 0.1) is 0 Å². The first kappa shape index (κ1) is 8.22. The van der Waals surface area contributed by atoms with Crippen molar-refractivity contribution in [3.8, 4) is 0 Å². The third kappa shape index (κ3) is 1.41. The predicted molar refractivity (Wildman–Crippen MR) is 42.6 cm³/mol. The Morgan fingerprint density at radius 1 is 1.73 bits per heavy atom. The van der Waals surface area contributed by atoms with Crippen molar-refractivity contribution >= 4 is 16.2 Å². The Bertz CT molecular complexity index is 315. The normalized spacial score (nSPS) is 21.2. The van der Waals surface area contributed by atoms with Gasteiger partial charge in [0.05, 0.1) is 0 Å². The number of rotatable bonds is 2. The Kier molecular flexibility index (Phi) is 1.97. The molecule has 62 valence electrons. The zero-order valence-corrected chi connectivity index (χ0v) is 6.85. The first-order valence-electron chi connectivity index (χ1n) is 3.01. The molecule has 6 heteroatoms. The molecule has 0 bridgehead atoms. The summed E-state index contributed by atoms with van der Waals surface area (Å²) in [5.74, 6) is 0. The Labute approximate surface area is 65.0 Å². The molecule has 5 nitrogen and oxygen atoms in total. The predicted octanol–water partition coefficient (Wildman–Crippen LogP) is -1.21. The van der Waals surface area contributed by atoms with Crippen LogP contribution in [0.25, 0.3) is 0 Å². The molecule has 0 fully saturated rings. The van der Waals surface area contributed by atoms with Gasteiger partial charge in [-0.15, -0.1) is 0 Å². The Morgan fingerprint density at radius 3 is 2.73 bits per heavy atom. The van der Waals surface area contributed by atoms with Crippen LogP contribution in [0.15, 0.2) is 15.0 Å². The van der Waals surface area contributed by atoms with Gasteiger partial charge in [0, 0.05) is 18.3 Å². The van der Waals surface area contributed by atoms with Crippen molar-refractivity contribution in [3.05, 3.63) is 10.6 Å². The van der Waals surface area contributed by atoms with Crippen LogP contribution in [0.2, 0.25) is 0 Å². The van der Waals surface area contributed by atoms with Crippen LogP contribution in [0.1, 0.15) is 0 Å². The van der Waals surface area contributed by atoms with Crippen molar-refractivity contribution < 1.29 is 8.42 Å². The van der Waals surface area contributed by atoms with Gasteiger partial charge in [0.2, 0.25) is 0 Å². The largest absolute Gasteiger partial charge is 0.388 e. The molecule has 0 amide bonds. The van der Waals surface area contributed by atoms with Crippen LogP contribution < -0.4 is 11.1 Å². The second kappa shape index (κ2) is 2.63. The minimum absolute atomic E-state index is 0.146. The maximum absolute atomic E-state index is 10.8. The molecule has 1 aliphatic rings. The fourth-order valence-electron chi connectivity index (χ4n) is 0.742. The zero-order valence-electron chi connectivity index (χ0n) is 6.03. The van der Waals surface area contributed by atoms with E-state index in [0.717, 1.165) is 0 Å². The van der Waals surface area contributed by atoms with Gasteiger partial charge in [0.15, 0.2) is 5.03 Å².